The molecule has 9 nitrogen and oxygen atoms in total. The third-order valence-corrected chi connectivity index (χ3v) is 40.5. The number of ether oxygens (including phenoxy) is 1. The van der Waals surface area contributed by atoms with Gasteiger partial charge < -0.3 is 15.3 Å². The molecule has 6 atom stereocenters. The third-order valence-electron chi connectivity index (χ3n) is 1.13. The minimum atomic E-state index is -0.562. The Morgan fingerprint density at radius 3 is 1.11 bits per heavy atom. The fourth-order valence-electron chi connectivity index (χ4n) is 0.551. The van der Waals surface area contributed by atoms with Gasteiger partial charge in [-0.05, 0) is 27.8 Å². The Hall–Kier alpha value is 1.97. The van der Waals surface area contributed by atoms with E-state index in [4.69, 9.17) is 0 Å². The number of primary amides is 1. The van der Waals surface area contributed by atoms with E-state index in [-0.39, 0.29) is 44.9 Å². The molecular formula is C14H37N2O7P7S7. The van der Waals surface area contributed by atoms with Crippen LogP contribution in [0.3, 0.4) is 0 Å². The van der Waals surface area contributed by atoms with Crippen LogP contribution in [0.4, 0.5) is 0 Å². The first kappa shape index (κ1) is 55.0. The summed E-state index contributed by atoms with van der Waals surface area (Å²) in [5, 5.41) is 2.03. The van der Waals surface area contributed by atoms with Crippen LogP contribution in [0, 0.1) is 0 Å². The molecule has 0 saturated carbocycles. The van der Waals surface area contributed by atoms with Crippen LogP contribution in [0.5, 0.6) is 0 Å². The summed E-state index contributed by atoms with van der Waals surface area (Å²) in [5.74, 6) is -1.92. The average Bonchev–Trinajstić information content (AvgIpc) is 2.66. The van der Waals surface area contributed by atoms with Crippen LogP contribution < -0.4 is 11.1 Å². The SMILES string of the molecule is C.CC(=O)NC(C)=O.CC(=O)OC(C)=O.CC(C)=O.CC(N)=O.PPP(P)P(P)P.S=S=S=S=S=S=S. The quantitative estimate of drug-likeness (QED) is 0.240. The van der Waals surface area contributed by atoms with Crippen LogP contribution in [-0.2, 0) is 100 Å². The number of amides is 3. The monoisotopic (exact) mass is 786 g/mol. The van der Waals surface area contributed by atoms with Crippen molar-refractivity contribution in [2.24, 2.45) is 5.73 Å². The molecule has 0 aliphatic carbocycles. The molecule has 0 radical (unpaired) electrons. The molecule has 0 aromatic rings. The zero-order chi connectivity index (χ0) is 30.3. The minimum Gasteiger partial charge on any atom is -0.394 e. The Morgan fingerprint density at radius 1 is 0.784 bits per heavy atom. The Morgan fingerprint density at radius 2 is 1.05 bits per heavy atom. The first-order valence-electron chi connectivity index (χ1n) is 8.41. The lowest BCUT2D eigenvalue weighted by molar-refractivity contribution is -0.156. The number of imide groups is 1. The van der Waals surface area contributed by atoms with Gasteiger partial charge in [0.1, 0.15) is 5.78 Å². The molecule has 222 valence electrons. The number of carbonyl (C=O) groups is 6. The topological polar surface area (TPSA) is 150 Å². The second-order valence-electron chi connectivity index (χ2n) is 5.04. The van der Waals surface area contributed by atoms with Crippen molar-refractivity contribution in [1.29, 1.82) is 0 Å². The number of Topliss-reactive ketones (excluding diaryl/α,β-unsaturated/α-hetero) is 1. The van der Waals surface area contributed by atoms with Crippen molar-refractivity contribution >= 4 is 160 Å². The van der Waals surface area contributed by atoms with Crippen molar-refractivity contribution in [1.82, 2.24) is 5.32 Å². The number of nitrogens with two attached hydrogens (primary N) is 1. The lowest BCUT2D eigenvalue weighted by Crippen LogP contribution is -2.24. The summed E-state index contributed by atoms with van der Waals surface area (Å²) >= 11 is 9.14. The highest BCUT2D eigenvalue weighted by molar-refractivity contribution is 8.98. The minimum absolute atomic E-state index is 0. The molecule has 37 heavy (non-hydrogen) atoms. The number of rotatable bonds is 2. The lowest BCUT2D eigenvalue weighted by Gasteiger charge is -2.11. The van der Waals surface area contributed by atoms with E-state index in [0.29, 0.717) is 0 Å². The van der Waals surface area contributed by atoms with Crippen LogP contribution in [0.1, 0.15) is 55.9 Å². The zero-order valence-electron chi connectivity index (χ0n) is 20.5. The smallest absolute Gasteiger partial charge is 0.310 e. The van der Waals surface area contributed by atoms with Gasteiger partial charge in [0.25, 0.3) is 0 Å². The summed E-state index contributed by atoms with van der Waals surface area (Å²) < 4.78 is 3.97. The molecule has 0 rings (SSSR count). The lowest BCUT2D eigenvalue weighted by atomic mass is 10.6. The maximum atomic E-state index is 9.92. The van der Waals surface area contributed by atoms with Crippen LogP contribution in [-0.4, -0.2) is 35.4 Å². The van der Waals surface area contributed by atoms with Crippen molar-refractivity contribution in [3.05, 3.63) is 0 Å². The summed E-state index contributed by atoms with van der Waals surface area (Å²) in [6.07, 6.45) is 0. The number of hydrogen-bond acceptors (Lipinski definition) is 9. The summed E-state index contributed by atoms with van der Waals surface area (Å²) in [6, 6.07) is 0. The van der Waals surface area contributed by atoms with Gasteiger partial charge in [-0.15, -0.1) is 35.7 Å². The van der Waals surface area contributed by atoms with Gasteiger partial charge in [-0.1, -0.05) is 15.4 Å². The number of ketones is 1. The third kappa shape index (κ3) is 123. The molecule has 23 heteroatoms. The molecule has 0 aliphatic rings. The van der Waals surface area contributed by atoms with Gasteiger partial charge in [-0.3, -0.25) is 29.3 Å². The second kappa shape index (κ2) is 45.0. The Labute approximate surface area is 258 Å². The van der Waals surface area contributed by atoms with Gasteiger partial charge in [0, 0.05) is 101 Å². The molecule has 0 fully saturated rings. The number of carbonyl (C=O) groups excluding carboxylic acids is 6. The highest BCUT2D eigenvalue weighted by atomic mass is 33.4. The molecule has 0 aromatic carbocycles. The fraction of sp³-hybridized carbons (Fsp3) is 0.571. The van der Waals surface area contributed by atoms with E-state index < -0.39 is 11.9 Å². The molecule has 0 spiro atoms. The summed E-state index contributed by atoms with van der Waals surface area (Å²) in [7, 11) is 19.8. The molecule has 6 unspecified atom stereocenters. The summed E-state index contributed by atoms with van der Waals surface area (Å²) in [6.45, 7) is 9.76. The molecule has 3 amide bonds. The van der Waals surface area contributed by atoms with Gasteiger partial charge in [0.15, 0.2) is 0 Å². The predicted octanol–water partition coefficient (Wildman–Crippen LogP) is 4.09. The van der Waals surface area contributed by atoms with E-state index in [0.717, 1.165) is 7.96 Å². The normalized spacial score (nSPS) is 8.65. The Kier molecular flexibility index (Phi) is 66.8. The molecule has 0 aliphatic heterocycles. The van der Waals surface area contributed by atoms with Gasteiger partial charge in [0.05, 0.1) is 0 Å². The summed E-state index contributed by atoms with van der Waals surface area (Å²) in [4.78, 5) is 58.1. The van der Waals surface area contributed by atoms with Gasteiger partial charge in [0.2, 0.25) is 17.7 Å². The number of esters is 2. The summed E-state index contributed by atoms with van der Waals surface area (Å²) in [5.41, 5.74) is 4.47. The highest BCUT2D eigenvalue weighted by Crippen LogP contribution is 2.92. The van der Waals surface area contributed by atoms with Crippen molar-refractivity contribution in [3.63, 3.8) is 0 Å². The maximum absolute atomic E-state index is 9.92. The highest BCUT2D eigenvalue weighted by Gasteiger charge is 2.00. The molecule has 0 saturated heterocycles. The Balaban J connectivity index is -0.0000000589. The van der Waals surface area contributed by atoms with Crippen molar-refractivity contribution < 1.29 is 33.5 Å². The van der Waals surface area contributed by atoms with E-state index >= 15 is 0 Å². The molecular weight excluding hydrogens is 749 g/mol. The van der Waals surface area contributed by atoms with Crippen LogP contribution in [0.25, 0.3) is 0 Å². The standard InChI is InChI=1S/C4H7NO2.C4H6O3.C3H6O.C2H5NO.CH4.H9P7.S7/c1-3(6)5-4(2)7;1-3(5)7-4(2)6;1-3(2)4;1-2(3)4;;1-5-7(4)6(2)3;1-3-5-7-6-4-2/h1-2H3,(H,5,6,7);1-2H3;1-2H3;1H3,(H2,3,4);1H4;5H,1-4H2;. The second-order valence-corrected chi connectivity index (χ2v) is 36.1. The molecule has 0 bridgehead atoms. The van der Waals surface area contributed by atoms with Gasteiger partial charge in [-0.2, -0.15) is 0 Å². The van der Waals surface area contributed by atoms with E-state index in [1.54, 1.807) is 26.6 Å². The predicted molar refractivity (Wildman–Crippen MR) is 197 cm³/mol. The molecule has 3 N–H and O–H groups in total. The maximum Gasteiger partial charge on any atom is 0.310 e. The zero-order valence-corrected chi connectivity index (χ0v) is 33.6. The Bertz CT molecular complexity index is 794. The van der Waals surface area contributed by atoms with E-state index in [1.807, 2.05) is 5.32 Å². The number of hydrogen-bond donors (Lipinski definition) is 2. The largest absolute Gasteiger partial charge is 0.394 e. The van der Waals surface area contributed by atoms with Crippen LogP contribution in [0.15, 0.2) is 0 Å². The van der Waals surface area contributed by atoms with E-state index in [1.165, 1.54) is 66.2 Å². The first-order chi connectivity index (χ1) is 16.3. The average molecular weight is 787 g/mol. The van der Waals surface area contributed by atoms with Crippen molar-refractivity contribution in [2.45, 2.75) is 55.9 Å². The van der Waals surface area contributed by atoms with Crippen molar-refractivity contribution in [3.8, 4) is 0 Å². The van der Waals surface area contributed by atoms with Gasteiger partial charge in [-0.25, -0.2) is 0 Å². The van der Waals surface area contributed by atoms with Crippen molar-refractivity contribution in [2.75, 3.05) is 0 Å². The molecule has 0 heterocycles. The van der Waals surface area contributed by atoms with Crippen LogP contribution in [0.2, 0.25) is 0 Å². The molecule has 0 aromatic heterocycles. The van der Waals surface area contributed by atoms with Gasteiger partial charge >= 0.3 is 11.9 Å². The fourth-order valence-corrected chi connectivity index (χ4v) is 24.9. The van der Waals surface area contributed by atoms with Crippen LogP contribution >= 0.6 is 57.6 Å². The number of nitrogens with one attached hydrogen (secondary N) is 1. The van der Waals surface area contributed by atoms with E-state index in [2.05, 4.69) is 68.6 Å². The van der Waals surface area contributed by atoms with E-state index in [9.17, 15) is 28.8 Å². The first-order valence-corrected chi connectivity index (χ1v) is 28.3.